The minimum atomic E-state index is 0.445. The van der Waals surface area contributed by atoms with Crippen LogP contribution in [0, 0.1) is 6.92 Å². The zero-order chi connectivity index (χ0) is 13.4. The highest BCUT2D eigenvalue weighted by molar-refractivity contribution is 9.10. The number of rotatable bonds is 8. The summed E-state index contributed by atoms with van der Waals surface area (Å²) in [5.74, 6) is 0. The van der Waals surface area contributed by atoms with Crippen LogP contribution in [0.5, 0.6) is 0 Å². The molecular formula is C14H23BrN2O. The van der Waals surface area contributed by atoms with Crippen LogP contribution in [0.1, 0.15) is 18.1 Å². The van der Waals surface area contributed by atoms with E-state index < -0.39 is 0 Å². The molecule has 0 aliphatic carbocycles. The second-order valence-corrected chi connectivity index (χ2v) is 5.36. The standard InChI is InChI=1S/C14H23BrN2O/c1-11(9-16-7-8-18-3)17-10-13-5-4-6-14(15)12(13)2/h4-6,11,16-17H,7-10H2,1-3H3. The van der Waals surface area contributed by atoms with Crippen molar-refractivity contribution in [1.29, 1.82) is 0 Å². The zero-order valence-corrected chi connectivity index (χ0v) is 13.0. The van der Waals surface area contributed by atoms with Gasteiger partial charge in [-0.25, -0.2) is 0 Å². The number of hydrogen-bond donors (Lipinski definition) is 2. The van der Waals surface area contributed by atoms with Crippen molar-refractivity contribution in [1.82, 2.24) is 10.6 Å². The van der Waals surface area contributed by atoms with Crippen LogP contribution in [0.4, 0.5) is 0 Å². The van der Waals surface area contributed by atoms with Gasteiger partial charge < -0.3 is 15.4 Å². The summed E-state index contributed by atoms with van der Waals surface area (Å²) in [6.07, 6.45) is 0. The van der Waals surface area contributed by atoms with Gasteiger partial charge in [0.2, 0.25) is 0 Å². The Morgan fingerprint density at radius 3 is 2.89 bits per heavy atom. The highest BCUT2D eigenvalue weighted by atomic mass is 79.9. The number of methoxy groups -OCH3 is 1. The van der Waals surface area contributed by atoms with Gasteiger partial charge in [0, 0.05) is 37.3 Å². The molecule has 0 fully saturated rings. The van der Waals surface area contributed by atoms with Crippen LogP contribution >= 0.6 is 15.9 Å². The first kappa shape index (κ1) is 15.6. The van der Waals surface area contributed by atoms with Crippen LogP contribution in [-0.4, -0.2) is 32.8 Å². The van der Waals surface area contributed by atoms with Crippen molar-refractivity contribution in [2.75, 3.05) is 26.8 Å². The maximum atomic E-state index is 4.99. The molecule has 0 aliphatic rings. The lowest BCUT2D eigenvalue weighted by Crippen LogP contribution is -2.37. The average molecular weight is 315 g/mol. The van der Waals surface area contributed by atoms with Gasteiger partial charge in [0.25, 0.3) is 0 Å². The van der Waals surface area contributed by atoms with Gasteiger partial charge in [0.1, 0.15) is 0 Å². The predicted molar refractivity (Wildman–Crippen MR) is 79.9 cm³/mol. The van der Waals surface area contributed by atoms with Crippen LogP contribution in [0.2, 0.25) is 0 Å². The van der Waals surface area contributed by atoms with Crippen LogP contribution < -0.4 is 10.6 Å². The van der Waals surface area contributed by atoms with Gasteiger partial charge in [0.05, 0.1) is 6.61 Å². The fourth-order valence-corrected chi connectivity index (χ4v) is 2.10. The van der Waals surface area contributed by atoms with E-state index in [0.717, 1.165) is 26.2 Å². The Morgan fingerprint density at radius 2 is 2.17 bits per heavy atom. The molecule has 0 heterocycles. The lowest BCUT2D eigenvalue weighted by molar-refractivity contribution is 0.198. The Kier molecular flexibility index (Phi) is 7.51. The first-order valence-corrected chi connectivity index (χ1v) is 7.11. The molecule has 18 heavy (non-hydrogen) atoms. The van der Waals surface area contributed by atoms with Crippen LogP contribution in [0.15, 0.2) is 22.7 Å². The van der Waals surface area contributed by atoms with Crippen molar-refractivity contribution < 1.29 is 4.74 Å². The van der Waals surface area contributed by atoms with Gasteiger partial charge in [0.15, 0.2) is 0 Å². The minimum Gasteiger partial charge on any atom is -0.383 e. The second kappa shape index (κ2) is 8.64. The summed E-state index contributed by atoms with van der Waals surface area (Å²) < 4.78 is 6.17. The molecule has 4 heteroatoms. The number of hydrogen-bond acceptors (Lipinski definition) is 3. The second-order valence-electron chi connectivity index (χ2n) is 4.50. The van der Waals surface area contributed by atoms with Crippen molar-refractivity contribution in [2.24, 2.45) is 0 Å². The van der Waals surface area contributed by atoms with E-state index in [0.29, 0.717) is 6.04 Å². The molecule has 3 nitrogen and oxygen atoms in total. The van der Waals surface area contributed by atoms with Gasteiger partial charge >= 0.3 is 0 Å². The molecule has 1 atom stereocenters. The molecule has 0 saturated carbocycles. The summed E-state index contributed by atoms with van der Waals surface area (Å²) in [5, 5.41) is 6.87. The summed E-state index contributed by atoms with van der Waals surface area (Å²) in [7, 11) is 1.72. The summed E-state index contributed by atoms with van der Waals surface area (Å²) >= 11 is 3.56. The molecule has 1 rings (SSSR count). The van der Waals surface area contributed by atoms with Crippen LogP contribution in [-0.2, 0) is 11.3 Å². The Morgan fingerprint density at radius 1 is 1.39 bits per heavy atom. The smallest absolute Gasteiger partial charge is 0.0587 e. The van der Waals surface area contributed by atoms with Crippen molar-refractivity contribution in [3.63, 3.8) is 0 Å². The predicted octanol–water partition coefficient (Wildman–Crippen LogP) is 2.47. The Labute approximate surface area is 118 Å². The Bertz CT molecular complexity index is 358. The zero-order valence-electron chi connectivity index (χ0n) is 11.4. The fourth-order valence-electron chi connectivity index (χ4n) is 1.69. The molecule has 0 saturated heterocycles. The summed E-state index contributed by atoms with van der Waals surface area (Å²) in [5.41, 5.74) is 2.65. The number of benzene rings is 1. The molecule has 0 amide bonds. The number of ether oxygens (including phenoxy) is 1. The third kappa shape index (κ3) is 5.48. The van der Waals surface area contributed by atoms with E-state index >= 15 is 0 Å². The van der Waals surface area contributed by atoms with Gasteiger partial charge in [-0.1, -0.05) is 28.1 Å². The minimum absolute atomic E-state index is 0.445. The maximum absolute atomic E-state index is 4.99. The van der Waals surface area contributed by atoms with E-state index in [1.807, 2.05) is 0 Å². The quantitative estimate of drug-likeness (QED) is 0.723. The highest BCUT2D eigenvalue weighted by Crippen LogP contribution is 2.19. The molecule has 2 N–H and O–H groups in total. The third-order valence-corrected chi connectivity index (χ3v) is 3.81. The normalized spacial score (nSPS) is 12.7. The van der Waals surface area contributed by atoms with E-state index in [4.69, 9.17) is 4.74 Å². The lowest BCUT2D eigenvalue weighted by atomic mass is 10.1. The average Bonchev–Trinajstić information content (AvgIpc) is 2.36. The van der Waals surface area contributed by atoms with Crippen LogP contribution in [0.3, 0.4) is 0 Å². The molecule has 1 unspecified atom stereocenters. The van der Waals surface area contributed by atoms with Crippen LogP contribution in [0.25, 0.3) is 0 Å². The molecule has 0 aromatic heterocycles. The molecule has 102 valence electrons. The Hall–Kier alpha value is -0.420. The molecule has 1 aromatic rings. The molecule has 1 aromatic carbocycles. The lowest BCUT2D eigenvalue weighted by Gasteiger charge is -2.16. The monoisotopic (exact) mass is 314 g/mol. The number of halogens is 1. The first-order chi connectivity index (χ1) is 8.65. The molecule has 0 bridgehead atoms. The van der Waals surface area contributed by atoms with E-state index in [1.165, 1.54) is 15.6 Å². The van der Waals surface area contributed by atoms with Crippen molar-refractivity contribution in [3.05, 3.63) is 33.8 Å². The fraction of sp³-hybridized carbons (Fsp3) is 0.571. The molecular weight excluding hydrogens is 292 g/mol. The van der Waals surface area contributed by atoms with E-state index in [-0.39, 0.29) is 0 Å². The first-order valence-electron chi connectivity index (χ1n) is 6.32. The molecule has 0 spiro atoms. The van der Waals surface area contributed by atoms with Gasteiger partial charge in [-0.05, 0) is 31.0 Å². The van der Waals surface area contributed by atoms with Crippen molar-refractivity contribution in [3.8, 4) is 0 Å². The summed E-state index contributed by atoms with van der Waals surface area (Å²) in [4.78, 5) is 0. The van der Waals surface area contributed by atoms with Gasteiger partial charge in [-0.15, -0.1) is 0 Å². The summed E-state index contributed by atoms with van der Waals surface area (Å²) in [6, 6.07) is 6.77. The molecule has 0 aliphatic heterocycles. The SMILES string of the molecule is COCCNCC(C)NCc1cccc(Br)c1C. The van der Waals surface area contributed by atoms with E-state index in [2.05, 4.69) is 58.6 Å². The maximum Gasteiger partial charge on any atom is 0.0587 e. The topological polar surface area (TPSA) is 33.3 Å². The Balaban J connectivity index is 2.29. The van der Waals surface area contributed by atoms with E-state index in [1.54, 1.807) is 7.11 Å². The van der Waals surface area contributed by atoms with Gasteiger partial charge in [-0.2, -0.15) is 0 Å². The molecule has 0 radical (unpaired) electrons. The van der Waals surface area contributed by atoms with Crippen molar-refractivity contribution >= 4 is 15.9 Å². The van der Waals surface area contributed by atoms with Gasteiger partial charge in [-0.3, -0.25) is 0 Å². The number of nitrogens with one attached hydrogen (secondary N) is 2. The van der Waals surface area contributed by atoms with E-state index in [9.17, 15) is 0 Å². The largest absolute Gasteiger partial charge is 0.383 e. The highest BCUT2D eigenvalue weighted by Gasteiger charge is 2.04. The third-order valence-electron chi connectivity index (χ3n) is 2.95. The summed E-state index contributed by atoms with van der Waals surface area (Å²) in [6.45, 7) is 7.85. The van der Waals surface area contributed by atoms with Crippen molar-refractivity contribution in [2.45, 2.75) is 26.4 Å².